The maximum Gasteiger partial charge on any atom is 0.306 e. The normalized spacial score (nSPS) is 12.7. The fraction of sp³-hybridized carbons (Fsp3) is 0.726. The first-order valence-corrected chi connectivity index (χ1v) is 28.6. The van der Waals surface area contributed by atoms with E-state index in [0.717, 1.165) is 122 Å². The Morgan fingerprint density at radius 3 is 0.897 bits per heavy atom. The molecule has 0 heterocycles. The third kappa shape index (κ3) is 53.5. The molecule has 68 heavy (non-hydrogen) atoms. The molecule has 0 N–H and O–H groups in total. The average molecular weight is 948 g/mol. The maximum atomic E-state index is 12.9. The van der Waals surface area contributed by atoms with Crippen molar-refractivity contribution in [2.75, 3.05) is 13.2 Å². The highest BCUT2D eigenvalue weighted by molar-refractivity contribution is 5.71. The molecule has 0 aromatic heterocycles. The first kappa shape index (κ1) is 64.6. The molecule has 0 aliphatic heterocycles. The number of carbonyl (C=O) groups excluding carboxylic acids is 3. The lowest BCUT2D eigenvalue weighted by Crippen LogP contribution is -2.30. The lowest BCUT2D eigenvalue weighted by molar-refractivity contribution is -0.167. The van der Waals surface area contributed by atoms with E-state index in [1.807, 2.05) is 0 Å². The van der Waals surface area contributed by atoms with Crippen LogP contribution in [-0.2, 0) is 28.6 Å². The zero-order valence-corrected chi connectivity index (χ0v) is 44.6. The molecule has 0 saturated carbocycles. The van der Waals surface area contributed by atoms with Crippen LogP contribution in [0.1, 0.15) is 271 Å². The van der Waals surface area contributed by atoms with Gasteiger partial charge in [-0.15, -0.1) is 0 Å². The Kier molecular flexibility index (Phi) is 53.4. The second-order valence-electron chi connectivity index (χ2n) is 18.8. The van der Waals surface area contributed by atoms with E-state index in [1.165, 1.54) is 109 Å². The molecule has 0 aromatic carbocycles. The third-order valence-electron chi connectivity index (χ3n) is 12.1. The van der Waals surface area contributed by atoms with Crippen molar-refractivity contribution >= 4 is 17.9 Å². The number of ether oxygens (including phenoxy) is 3. The summed E-state index contributed by atoms with van der Waals surface area (Å²) in [5, 5.41) is 0. The zero-order chi connectivity index (χ0) is 49.3. The predicted octanol–water partition coefficient (Wildman–Crippen LogP) is 19.2. The second-order valence-corrected chi connectivity index (χ2v) is 18.8. The van der Waals surface area contributed by atoms with E-state index in [4.69, 9.17) is 14.2 Å². The minimum absolute atomic E-state index is 0.0899. The van der Waals surface area contributed by atoms with Crippen molar-refractivity contribution in [3.63, 3.8) is 0 Å². The van der Waals surface area contributed by atoms with Gasteiger partial charge in [-0.3, -0.25) is 14.4 Å². The van der Waals surface area contributed by atoms with Crippen LogP contribution in [0.2, 0.25) is 0 Å². The zero-order valence-electron chi connectivity index (χ0n) is 44.6. The predicted molar refractivity (Wildman–Crippen MR) is 293 cm³/mol. The molecule has 0 rings (SSSR count). The number of rotatable bonds is 51. The topological polar surface area (TPSA) is 78.9 Å². The summed E-state index contributed by atoms with van der Waals surface area (Å²) in [4.78, 5) is 38.2. The first-order chi connectivity index (χ1) is 33.5. The summed E-state index contributed by atoms with van der Waals surface area (Å²) in [7, 11) is 0. The fourth-order valence-electron chi connectivity index (χ4n) is 7.92. The van der Waals surface area contributed by atoms with Gasteiger partial charge in [0.1, 0.15) is 13.2 Å². The molecule has 0 bridgehead atoms. The van der Waals surface area contributed by atoms with E-state index < -0.39 is 6.10 Å². The molecule has 0 aliphatic carbocycles. The molecule has 0 aromatic rings. The van der Waals surface area contributed by atoms with Crippen molar-refractivity contribution < 1.29 is 28.6 Å². The molecular weight excluding hydrogens is 841 g/mol. The van der Waals surface area contributed by atoms with Crippen LogP contribution in [0.25, 0.3) is 0 Å². The van der Waals surface area contributed by atoms with Crippen LogP contribution < -0.4 is 0 Å². The largest absolute Gasteiger partial charge is 0.462 e. The van der Waals surface area contributed by atoms with Gasteiger partial charge in [-0.1, -0.05) is 247 Å². The Bertz CT molecular complexity index is 1320. The Balaban J connectivity index is 4.41. The molecular formula is C62H106O6. The number of carbonyl (C=O) groups is 3. The molecule has 6 heteroatoms. The highest BCUT2D eigenvalue weighted by atomic mass is 16.6. The average Bonchev–Trinajstić information content (AvgIpc) is 3.34. The smallest absolute Gasteiger partial charge is 0.306 e. The summed E-state index contributed by atoms with van der Waals surface area (Å²) in [6.07, 6.45) is 72.8. The SMILES string of the molecule is CC/C=C\C/C=C\C/C=C\C/C=C\CCCCCCCCC(=O)OCC(COC(=O)CCCCCC/C=C\C/C=C\C/C=C\CC)OC(=O)CCCCCCCCCCCCCCCCCCC. The van der Waals surface area contributed by atoms with E-state index in [-0.39, 0.29) is 31.1 Å². The Labute approximate surface area is 420 Å². The van der Waals surface area contributed by atoms with Gasteiger partial charge in [0.15, 0.2) is 6.10 Å². The number of hydrogen-bond donors (Lipinski definition) is 0. The molecule has 0 aliphatic rings. The Morgan fingerprint density at radius 1 is 0.309 bits per heavy atom. The molecule has 0 saturated heterocycles. The summed E-state index contributed by atoms with van der Waals surface area (Å²) in [5.74, 6) is -0.917. The molecule has 1 unspecified atom stereocenters. The summed E-state index contributed by atoms with van der Waals surface area (Å²) >= 11 is 0. The van der Waals surface area contributed by atoms with Gasteiger partial charge >= 0.3 is 17.9 Å². The van der Waals surface area contributed by atoms with Crippen LogP contribution in [0, 0.1) is 0 Å². The minimum Gasteiger partial charge on any atom is -0.462 e. The van der Waals surface area contributed by atoms with Crippen LogP contribution in [-0.4, -0.2) is 37.2 Å². The maximum absolute atomic E-state index is 12.9. The monoisotopic (exact) mass is 947 g/mol. The van der Waals surface area contributed by atoms with Crippen LogP contribution in [0.3, 0.4) is 0 Å². The summed E-state index contributed by atoms with van der Waals surface area (Å²) in [5.41, 5.74) is 0. The lowest BCUT2D eigenvalue weighted by atomic mass is 10.0. The number of hydrogen-bond acceptors (Lipinski definition) is 6. The molecule has 0 spiro atoms. The Hall–Kier alpha value is -3.41. The summed E-state index contributed by atoms with van der Waals surface area (Å²) in [6.45, 7) is 6.40. The number of esters is 3. The van der Waals surface area contributed by atoms with Gasteiger partial charge in [0.2, 0.25) is 0 Å². The van der Waals surface area contributed by atoms with Gasteiger partial charge in [-0.05, 0) is 89.9 Å². The molecule has 6 nitrogen and oxygen atoms in total. The van der Waals surface area contributed by atoms with Crippen molar-refractivity contribution in [3.8, 4) is 0 Å². The van der Waals surface area contributed by atoms with E-state index in [9.17, 15) is 14.4 Å². The molecule has 0 fully saturated rings. The van der Waals surface area contributed by atoms with Gasteiger partial charge in [0.25, 0.3) is 0 Å². The van der Waals surface area contributed by atoms with Crippen molar-refractivity contribution in [2.24, 2.45) is 0 Å². The van der Waals surface area contributed by atoms with Crippen LogP contribution in [0.4, 0.5) is 0 Å². The molecule has 0 radical (unpaired) electrons. The Morgan fingerprint density at radius 2 is 0.574 bits per heavy atom. The van der Waals surface area contributed by atoms with Gasteiger partial charge in [-0.2, -0.15) is 0 Å². The number of unbranched alkanes of at least 4 members (excludes halogenated alkanes) is 26. The van der Waals surface area contributed by atoms with Crippen molar-refractivity contribution in [1.29, 1.82) is 0 Å². The molecule has 0 amide bonds. The van der Waals surface area contributed by atoms with E-state index in [0.29, 0.717) is 19.3 Å². The fourth-order valence-corrected chi connectivity index (χ4v) is 7.92. The second kappa shape index (κ2) is 56.2. The standard InChI is InChI=1S/C62H106O6/c1-4-7-10-13-16-19-22-25-28-30-31-33-34-37-40-43-46-49-52-55-61(64)67-58-59(57-66-60(63)54-51-48-45-42-39-36-27-24-21-18-15-12-9-6-3)68-62(65)56-53-50-47-44-41-38-35-32-29-26-23-20-17-14-11-8-5-2/h7,9-10,12,16,18-19,21,25,27-28,31,33,36,59H,4-6,8,11,13-15,17,20,22-24,26,29-30,32,34-35,37-58H2,1-3H3/b10-7-,12-9-,19-16-,21-18-,28-25-,33-31-,36-27-. The van der Waals surface area contributed by atoms with Crippen LogP contribution in [0.5, 0.6) is 0 Å². The molecule has 390 valence electrons. The van der Waals surface area contributed by atoms with Crippen LogP contribution >= 0.6 is 0 Å². The first-order valence-electron chi connectivity index (χ1n) is 28.6. The van der Waals surface area contributed by atoms with E-state index in [2.05, 4.69) is 106 Å². The number of allylic oxidation sites excluding steroid dienone is 14. The third-order valence-corrected chi connectivity index (χ3v) is 12.1. The van der Waals surface area contributed by atoms with Crippen molar-refractivity contribution in [1.82, 2.24) is 0 Å². The van der Waals surface area contributed by atoms with Crippen molar-refractivity contribution in [3.05, 3.63) is 85.1 Å². The quantitative estimate of drug-likeness (QED) is 0.0262. The van der Waals surface area contributed by atoms with Crippen LogP contribution in [0.15, 0.2) is 85.1 Å². The van der Waals surface area contributed by atoms with E-state index >= 15 is 0 Å². The lowest BCUT2D eigenvalue weighted by Gasteiger charge is -2.18. The summed E-state index contributed by atoms with van der Waals surface area (Å²) in [6, 6.07) is 0. The van der Waals surface area contributed by atoms with E-state index in [1.54, 1.807) is 0 Å². The van der Waals surface area contributed by atoms with Gasteiger partial charge in [-0.25, -0.2) is 0 Å². The van der Waals surface area contributed by atoms with Crippen molar-refractivity contribution in [2.45, 2.75) is 277 Å². The highest BCUT2D eigenvalue weighted by Gasteiger charge is 2.19. The van der Waals surface area contributed by atoms with Gasteiger partial charge in [0.05, 0.1) is 0 Å². The molecule has 1 atom stereocenters. The minimum atomic E-state index is -0.791. The van der Waals surface area contributed by atoms with Gasteiger partial charge in [0, 0.05) is 19.3 Å². The summed E-state index contributed by atoms with van der Waals surface area (Å²) < 4.78 is 16.8. The van der Waals surface area contributed by atoms with Gasteiger partial charge < -0.3 is 14.2 Å². The highest BCUT2D eigenvalue weighted by Crippen LogP contribution is 2.16.